The van der Waals surface area contributed by atoms with Gasteiger partial charge in [0.25, 0.3) is 0 Å². The molecule has 0 radical (unpaired) electrons. The lowest BCUT2D eigenvalue weighted by molar-refractivity contribution is 0.768. The minimum Gasteiger partial charge on any atom is -0.330 e. The van der Waals surface area contributed by atoms with Crippen LogP contribution in [-0.4, -0.2) is 16.3 Å². The highest BCUT2D eigenvalue weighted by molar-refractivity contribution is 5.63. The van der Waals surface area contributed by atoms with E-state index in [0.29, 0.717) is 0 Å². The van der Waals surface area contributed by atoms with Crippen LogP contribution in [0.3, 0.4) is 0 Å². The summed E-state index contributed by atoms with van der Waals surface area (Å²) in [6.45, 7) is 7.23. The van der Waals surface area contributed by atoms with Gasteiger partial charge in [-0.05, 0) is 43.0 Å². The van der Waals surface area contributed by atoms with Gasteiger partial charge in [-0.1, -0.05) is 32.0 Å². The van der Waals surface area contributed by atoms with Gasteiger partial charge < -0.3 is 5.73 Å². The largest absolute Gasteiger partial charge is 0.330 e. The summed E-state index contributed by atoms with van der Waals surface area (Å²) in [4.78, 5) is 0. The van der Waals surface area contributed by atoms with Crippen LogP contribution in [0.15, 0.2) is 30.6 Å². The number of hydrogen-bond donors (Lipinski definition) is 1. The molecule has 3 heteroatoms. The molecular weight excluding hydrogens is 234 g/mol. The van der Waals surface area contributed by atoms with E-state index in [1.807, 2.05) is 24.1 Å². The molecule has 3 nitrogen and oxygen atoms in total. The minimum absolute atomic E-state index is 0.819. The zero-order valence-corrected chi connectivity index (χ0v) is 12.5. The summed E-state index contributed by atoms with van der Waals surface area (Å²) in [7, 11) is 1.94. The summed E-state index contributed by atoms with van der Waals surface area (Å²) in [5.41, 5.74) is 10.2. The Kier molecular flexibility index (Phi) is 6.30. The summed E-state index contributed by atoms with van der Waals surface area (Å²) in [5.74, 6) is 0. The van der Waals surface area contributed by atoms with E-state index in [-0.39, 0.29) is 0 Å². The highest BCUT2D eigenvalue weighted by atomic mass is 15.2. The van der Waals surface area contributed by atoms with Gasteiger partial charge >= 0.3 is 0 Å². The molecule has 0 spiro atoms. The summed E-state index contributed by atoms with van der Waals surface area (Å²) in [6.07, 6.45) is 6.14. The quantitative estimate of drug-likeness (QED) is 0.919. The summed E-state index contributed by atoms with van der Waals surface area (Å²) < 4.78 is 1.83. The van der Waals surface area contributed by atoms with Crippen molar-refractivity contribution in [3.8, 4) is 11.1 Å². The normalized spacial score (nSPS) is 9.95. The fraction of sp³-hybridized carbons (Fsp3) is 0.438. The molecule has 0 amide bonds. The zero-order chi connectivity index (χ0) is 14.3. The Balaban J connectivity index is 0.000000399. The lowest BCUT2D eigenvalue weighted by Crippen LogP contribution is -1.93. The molecule has 0 saturated carbocycles. The lowest BCUT2D eigenvalue weighted by Gasteiger charge is -2.04. The third-order valence-electron chi connectivity index (χ3n) is 3.05. The molecule has 104 valence electrons. The van der Waals surface area contributed by atoms with Gasteiger partial charge in [0.1, 0.15) is 0 Å². The molecule has 0 fully saturated rings. The van der Waals surface area contributed by atoms with Gasteiger partial charge in [-0.25, -0.2) is 0 Å². The Morgan fingerprint density at radius 1 is 1.21 bits per heavy atom. The van der Waals surface area contributed by atoms with Crippen molar-refractivity contribution in [1.29, 1.82) is 0 Å². The van der Waals surface area contributed by atoms with Gasteiger partial charge in [-0.15, -0.1) is 0 Å². The maximum atomic E-state index is 5.03. The van der Waals surface area contributed by atoms with E-state index in [0.717, 1.165) is 19.4 Å². The van der Waals surface area contributed by atoms with Gasteiger partial charge in [0.2, 0.25) is 0 Å². The second-order valence-corrected chi connectivity index (χ2v) is 4.69. The molecule has 19 heavy (non-hydrogen) atoms. The van der Waals surface area contributed by atoms with Crippen LogP contribution in [0.25, 0.3) is 11.1 Å². The van der Waals surface area contributed by atoms with E-state index in [4.69, 9.17) is 5.73 Å². The second kappa shape index (κ2) is 7.74. The first-order valence-electron chi connectivity index (χ1n) is 6.91. The van der Waals surface area contributed by atoms with Crippen LogP contribution in [0.4, 0.5) is 0 Å². The van der Waals surface area contributed by atoms with Crippen molar-refractivity contribution in [2.45, 2.75) is 33.6 Å². The van der Waals surface area contributed by atoms with Crippen molar-refractivity contribution in [3.05, 3.63) is 41.7 Å². The molecule has 0 aliphatic carbocycles. The topological polar surface area (TPSA) is 43.8 Å². The maximum Gasteiger partial charge on any atom is 0.0568 e. The van der Waals surface area contributed by atoms with Crippen molar-refractivity contribution < 1.29 is 0 Å². The zero-order valence-electron chi connectivity index (χ0n) is 12.5. The molecule has 0 atom stereocenters. The van der Waals surface area contributed by atoms with Crippen molar-refractivity contribution in [3.63, 3.8) is 0 Å². The number of aryl methyl sites for hydroxylation is 3. The van der Waals surface area contributed by atoms with Crippen LogP contribution in [0.2, 0.25) is 0 Å². The Bertz CT molecular complexity index is 498. The number of aromatic nitrogens is 2. The monoisotopic (exact) mass is 259 g/mol. The standard InChI is InChI=1S/C13H16N2.C3H9N/c1-4-11-5-6-12(7-10(11)2)13-8-14-15(3)9-13;1-2-3-4/h5-9H,4H2,1-3H3;2-4H2,1H3. The van der Waals surface area contributed by atoms with E-state index in [9.17, 15) is 0 Å². The Morgan fingerprint density at radius 3 is 2.32 bits per heavy atom. The van der Waals surface area contributed by atoms with E-state index < -0.39 is 0 Å². The molecule has 1 aromatic heterocycles. The highest BCUT2D eigenvalue weighted by Crippen LogP contribution is 2.21. The minimum atomic E-state index is 0.819. The number of hydrogen-bond acceptors (Lipinski definition) is 2. The average Bonchev–Trinajstić information content (AvgIpc) is 2.85. The van der Waals surface area contributed by atoms with Crippen LogP contribution < -0.4 is 5.73 Å². The van der Waals surface area contributed by atoms with Crippen LogP contribution >= 0.6 is 0 Å². The highest BCUT2D eigenvalue weighted by Gasteiger charge is 2.02. The van der Waals surface area contributed by atoms with Crippen LogP contribution in [0.5, 0.6) is 0 Å². The van der Waals surface area contributed by atoms with E-state index in [1.165, 1.54) is 22.3 Å². The molecule has 0 bridgehead atoms. The first kappa shape index (κ1) is 15.4. The fourth-order valence-electron chi connectivity index (χ4n) is 1.84. The predicted octanol–water partition coefficient (Wildman–Crippen LogP) is 3.31. The smallest absolute Gasteiger partial charge is 0.0568 e. The molecule has 2 N–H and O–H groups in total. The fourth-order valence-corrected chi connectivity index (χ4v) is 1.84. The molecule has 2 rings (SSSR count). The van der Waals surface area contributed by atoms with Crippen LogP contribution in [-0.2, 0) is 13.5 Å². The summed E-state index contributed by atoms with van der Waals surface area (Å²) in [6, 6.07) is 6.61. The first-order valence-corrected chi connectivity index (χ1v) is 6.91. The second-order valence-electron chi connectivity index (χ2n) is 4.69. The van der Waals surface area contributed by atoms with Crippen LogP contribution in [0, 0.1) is 6.92 Å². The first-order chi connectivity index (χ1) is 9.12. The number of benzene rings is 1. The van der Waals surface area contributed by atoms with Gasteiger partial charge in [-0.2, -0.15) is 5.10 Å². The Labute approximate surface area is 116 Å². The third kappa shape index (κ3) is 4.52. The van der Waals surface area contributed by atoms with Gasteiger partial charge in [0.15, 0.2) is 0 Å². The number of rotatable bonds is 3. The van der Waals surface area contributed by atoms with Gasteiger partial charge in [0, 0.05) is 18.8 Å². The van der Waals surface area contributed by atoms with E-state index in [2.05, 4.69) is 44.1 Å². The average molecular weight is 259 g/mol. The molecule has 0 aliphatic rings. The van der Waals surface area contributed by atoms with Crippen molar-refractivity contribution in [2.24, 2.45) is 12.8 Å². The lowest BCUT2D eigenvalue weighted by atomic mass is 10.0. The maximum absolute atomic E-state index is 5.03. The molecule has 0 aliphatic heterocycles. The summed E-state index contributed by atoms with van der Waals surface area (Å²) >= 11 is 0. The molecule has 1 heterocycles. The number of nitrogens with two attached hydrogens (primary N) is 1. The number of nitrogens with zero attached hydrogens (tertiary/aromatic N) is 2. The van der Waals surface area contributed by atoms with Gasteiger partial charge in [-0.3, -0.25) is 4.68 Å². The molecule has 1 aromatic carbocycles. The van der Waals surface area contributed by atoms with Crippen molar-refractivity contribution >= 4 is 0 Å². The molecule has 0 saturated heterocycles. The van der Waals surface area contributed by atoms with Gasteiger partial charge in [0.05, 0.1) is 6.20 Å². The van der Waals surface area contributed by atoms with E-state index in [1.54, 1.807) is 0 Å². The Hall–Kier alpha value is -1.61. The molecular formula is C16H25N3. The SMILES string of the molecule is CCCN.CCc1ccc(-c2cnn(C)c2)cc1C. The third-order valence-corrected chi connectivity index (χ3v) is 3.05. The van der Waals surface area contributed by atoms with Crippen molar-refractivity contribution in [2.75, 3.05) is 6.54 Å². The van der Waals surface area contributed by atoms with Crippen LogP contribution in [0.1, 0.15) is 31.4 Å². The molecule has 2 aromatic rings. The Morgan fingerprint density at radius 2 is 1.89 bits per heavy atom. The molecule has 0 unspecified atom stereocenters. The van der Waals surface area contributed by atoms with Crippen molar-refractivity contribution in [1.82, 2.24) is 9.78 Å². The van der Waals surface area contributed by atoms with E-state index >= 15 is 0 Å². The summed E-state index contributed by atoms with van der Waals surface area (Å²) in [5, 5.41) is 4.18. The predicted molar refractivity (Wildman–Crippen MR) is 82.1 cm³/mol.